The molecule has 0 radical (unpaired) electrons. The molecule has 17 nitrogen and oxygen atoms in total. The number of aliphatic hydroxyl groups excluding tert-OH is 4. The molecule has 212 valence electrons. The summed E-state index contributed by atoms with van der Waals surface area (Å²) in [6.07, 6.45) is -10.8. The number of ether oxygens (including phenoxy) is 2. The van der Waals surface area contributed by atoms with Gasteiger partial charge in [0.2, 0.25) is 14.7 Å². The van der Waals surface area contributed by atoms with Crippen LogP contribution in [0.25, 0.3) is 0 Å². The molecule has 0 saturated carbocycles. The number of aliphatic hydroxyl groups is 4. The lowest BCUT2D eigenvalue weighted by Crippen LogP contribution is -2.34. The van der Waals surface area contributed by atoms with Crippen molar-refractivity contribution in [2.75, 3.05) is 24.4 Å². The van der Waals surface area contributed by atoms with Crippen LogP contribution in [0.1, 0.15) is 12.5 Å². The maximum atomic E-state index is 13.8. The van der Waals surface area contributed by atoms with Crippen LogP contribution in [0.15, 0.2) is 34.1 Å². The van der Waals surface area contributed by atoms with Crippen molar-refractivity contribution in [3.8, 4) is 0 Å². The van der Waals surface area contributed by atoms with Crippen molar-refractivity contribution in [1.29, 1.82) is 0 Å². The van der Waals surface area contributed by atoms with Crippen LogP contribution in [0.4, 0.5) is 20.4 Å². The summed E-state index contributed by atoms with van der Waals surface area (Å²) in [5.74, 6) is -0.0141. The fourth-order valence-corrected chi connectivity index (χ4v) is 3.59. The number of nitrogens with zero attached hydrogens (tertiary/aromatic N) is 4. The lowest BCUT2D eigenvalue weighted by molar-refractivity contribution is -0.328. The predicted molar refractivity (Wildman–Crippen MR) is 121 cm³/mol. The fourth-order valence-electron chi connectivity index (χ4n) is 3.36. The number of rotatable bonds is 7. The zero-order chi connectivity index (χ0) is 28.1. The number of halogens is 2. The summed E-state index contributed by atoms with van der Waals surface area (Å²) < 4.78 is 43.4. The van der Waals surface area contributed by atoms with Crippen LogP contribution in [0.3, 0.4) is 0 Å². The Morgan fingerprint density at radius 1 is 0.947 bits per heavy atom. The minimum absolute atomic E-state index is 0.0224. The molecule has 0 aliphatic carbocycles. The first-order valence-corrected chi connectivity index (χ1v) is 12.0. The molecule has 9 atom stereocenters. The molecule has 2 saturated heterocycles. The molecule has 0 bridgehead atoms. The summed E-state index contributed by atoms with van der Waals surface area (Å²) in [7, 11) is -2.30. The highest BCUT2D eigenvalue weighted by Crippen LogP contribution is 2.36. The van der Waals surface area contributed by atoms with E-state index in [-0.39, 0.29) is 11.6 Å². The molecule has 4 heterocycles. The average Bonchev–Trinajstić information content (AvgIpc) is 3.32. The second-order valence-electron chi connectivity index (χ2n) is 7.76. The molecule has 0 amide bonds. The van der Waals surface area contributed by atoms with Crippen molar-refractivity contribution < 1.29 is 53.1 Å². The number of nitrogens with two attached hydrogens (primary N) is 2. The zero-order valence-corrected chi connectivity index (χ0v) is 20.1. The monoisotopic (exact) mass is 570 g/mol. The summed E-state index contributed by atoms with van der Waals surface area (Å²) in [6, 6.07) is 2.60. The maximum Gasteiger partial charge on any atom is 0.351 e. The van der Waals surface area contributed by atoms with E-state index in [0.29, 0.717) is 0 Å². The van der Waals surface area contributed by atoms with E-state index < -0.39 is 82.1 Å². The standard InChI is InChI=1S/C9H13FN3O7P.C9H12FN3O4/c10-5-6(15)7(13-2-1-4(11)12-9(13)16)18-8(5)19-20-21(17)3-14;10-6-4(3-14)17-8(7(6)15)13-2-1-5(11)12-9(13)16/h1-2,5-8,14-15,17H,3H2,(H2,11,12,16);1-2,4,6-8,14-15H,3H2,(H2,11,12,16)/t5-,6?,7-,8-,21?;4-,6+,7?,8-/m11/s1. The van der Waals surface area contributed by atoms with Gasteiger partial charge in [0, 0.05) is 12.4 Å². The van der Waals surface area contributed by atoms with Crippen molar-refractivity contribution in [2.24, 2.45) is 0 Å². The van der Waals surface area contributed by atoms with Gasteiger partial charge >= 0.3 is 11.4 Å². The number of anilines is 2. The van der Waals surface area contributed by atoms with Gasteiger partial charge in [0.1, 0.15) is 36.3 Å². The maximum absolute atomic E-state index is 13.8. The highest BCUT2D eigenvalue weighted by Gasteiger charge is 2.48. The van der Waals surface area contributed by atoms with Crippen LogP contribution in [0.5, 0.6) is 0 Å². The smallest absolute Gasteiger partial charge is 0.351 e. The minimum atomic E-state index is -2.30. The number of nitrogen functional groups attached to an aromatic ring is 2. The van der Waals surface area contributed by atoms with E-state index in [2.05, 4.69) is 19.5 Å². The van der Waals surface area contributed by atoms with Crippen LogP contribution in [0, 0.1) is 0 Å². The number of hydrogen-bond donors (Lipinski definition) is 7. The lowest BCUT2D eigenvalue weighted by Gasteiger charge is -2.16. The highest BCUT2D eigenvalue weighted by atomic mass is 31.2. The van der Waals surface area contributed by atoms with E-state index in [1.807, 2.05) is 0 Å². The van der Waals surface area contributed by atoms with E-state index in [1.54, 1.807) is 0 Å². The molecule has 2 aromatic heterocycles. The molecule has 0 aromatic carbocycles. The SMILES string of the molecule is Nc1ccn([C@@H]2O[C@H](CO)[C@H](F)C2O)c(=O)n1.Nc1ccn([C@@H]2O[C@H](OOP(O)CO)[C@H](F)C2O)c(=O)n1. The first-order valence-electron chi connectivity index (χ1n) is 10.6. The molecule has 2 aliphatic rings. The summed E-state index contributed by atoms with van der Waals surface area (Å²) >= 11 is 0. The van der Waals surface area contributed by atoms with Gasteiger partial charge in [-0.05, 0) is 12.1 Å². The van der Waals surface area contributed by atoms with Gasteiger partial charge in [0.05, 0.1) is 6.61 Å². The topological polar surface area (TPSA) is 260 Å². The van der Waals surface area contributed by atoms with Crippen molar-refractivity contribution >= 4 is 20.0 Å². The van der Waals surface area contributed by atoms with Gasteiger partial charge in [0.15, 0.2) is 24.8 Å². The van der Waals surface area contributed by atoms with E-state index in [9.17, 15) is 28.6 Å². The van der Waals surface area contributed by atoms with E-state index in [0.717, 1.165) is 9.13 Å². The largest absolute Gasteiger partial charge is 0.394 e. The Kier molecular flexibility index (Phi) is 10.1. The van der Waals surface area contributed by atoms with Crippen LogP contribution in [-0.4, -0.2) is 94.3 Å². The van der Waals surface area contributed by atoms with Gasteiger partial charge in [0.25, 0.3) is 0 Å². The molecular weight excluding hydrogens is 545 g/mol. The van der Waals surface area contributed by atoms with Crippen molar-refractivity contribution in [3.05, 3.63) is 45.5 Å². The molecule has 4 rings (SSSR count). The second kappa shape index (κ2) is 12.9. The highest BCUT2D eigenvalue weighted by molar-refractivity contribution is 7.45. The van der Waals surface area contributed by atoms with E-state index in [1.165, 1.54) is 24.5 Å². The fraction of sp³-hybridized carbons (Fsp3) is 0.556. The van der Waals surface area contributed by atoms with Crippen LogP contribution in [0.2, 0.25) is 0 Å². The second-order valence-corrected chi connectivity index (χ2v) is 8.90. The summed E-state index contributed by atoms with van der Waals surface area (Å²) in [4.78, 5) is 43.4. The van der Waals surface area contributed by atoms with Crippen LogP contribution in [-0.2, 0) is 19.0 Å². The van der Waals surface area contributed by atoms with Gasteiger partial charge < -0.3 is 46.3 Å². The number of aromatic nitrogens is 4. The Labute approximate surface area is 212 Å². The zero-order valence-electron chi connectivity index (χ0n) is 19.2. The molecular formula is C18H25F2N6O11P. The Hall–Kier alpha value is -2.71. The van der Waals surface area contributed by atoms with Crippen LogP contribution < -0.4 is 22.8 Å². The van der Waals surface area contributed by atoms with E-state index in [4.69, 9.17) is 36.0 Å². The van der Waals surface area contributed by atoms with Gasteiger partial charge in [-0.2, -0.15) is 19.5 Å². The first-order chi connectivity index (χ1) is 18.0. The Morgan fingerprint density at radius 2 is 1.45 bits per heavy atom. The van der Waals surface area contributed by atoms with Gasteiger partial charge in [-0.3, -0.25) is 9.13 Å². The normalized spacial score (nSPS) is 31.6. The van der Waals surface area contributed by atoms with Crippen molar-refractivity contribution in [2.45, 2.75) is 49.4 Å². The number of alkyl halides is 2. The van der Waals surface area contributed by atoms with Gasteiger partial charge in [-0.1, -0.05) is 0 Å². The summed E-state index contributed by atoms with van der Waals surface area (Å²) in [5, 5.41) is 36.7. The molecule has 20 heteroatoms. The molecule has 0 spiro atoms. The third-order valence-corrected chi connectivity index (χ3v) is 5.72. The first kappa shape index (κ1) is 29.8. The van der Waals surface area contributed by atoms with E-state index >= 15 is 0 Å². The number of hydrogen-bond acceptors (Lipinski definition) is 15. The average molecular weight is 570 g/mol. The Balaban J connectivity index is 0.000000215. The van der Waals surface area contributed by atoms with Crippen LogP contribution >= 0.6 is 8.38 Å². The Bertz CT molecular complexity index is 1190. The lowest BCUT2D eigenvalue weighted by atomic mass is 10.1. The summed E-state index contributed by atoms with van der Waals surface area (Å²) in [5.41, 5.74) is 9.03. The quantitative estimate of drug-likeness (QED) is 0.0994. The molecule has 9 N–H and O–H groups in total. The summed E-state index contributed by atoms with van der Waals surface area (Å²) in [6.45, 7) is -0.578. The third kappa shape index (κ3) is 6.64. The minimum Gasteiger partial charge on any atom is -0.394 e. The molecule has 2 aliphatic heterocycles. The molecule has 38 heavy (non-hydrogen) atoms. The molecule has 2 aromatic rings. The van der Waals surface area contributed by atoms with Gasteiger partial charge in [-0.25, -0.2) is 18.4 Å². The van der Waals surface area contributed by atoms with Crippen molar-refractivity contribution in [3.63, 3.8) is 0 Å². The molecule has 3 unspecified atom stereocenters. The van der Waals surface area contributed by atoms with Gasteiger partial charge in [-0.15, -0.1) is 0 Å². The predicted octanol–water partition coefficient (Wildman–Crippen LogP) is -3.00. The third-order valence-electron chi connectivity index (χ3n) is 5.22. The van der Waals surface area contributed by atoms with Crippen molar-refractivity contribution in [1.82, 2.24) is 19.1 Å². The Morgan fingerprint density at radius 3 is 1.89 bits per heavy atom. The molecule has 2 fully saturated rings.